The Morgan fingerprint density at radius 1 is 1.05 bits per heavy atom. The van der Waals surface area contributed by atoms with Crippen LogP contribution >= 0.6 is 11.3 Å². The molecule has 1 N–H and O–H groups in total. The SMILES string of the molecule is C/C(=C/C[C@H](OCOCC[Si](C)(C)C)/C(C)=C/c1csc(C)n1)CCC[C@H](C)[C@@H](O)[C@@H](C)C(=O)C(C)(C)[C@H](CC12OCC(C)(CO1)CO2)O[Si](C)(C)C(C)(C)C. The Bertz CT molecular complexity index is 1450. The van der Waals surface area contributed by atoms with Crippen LogP contribution < -0.4 is 0 Å². The van der Waals surface area contributed by atoms with E-state index in [2.05, 4.69) is 104 Å². The van der Waals surface area contributed by atoms with Crippen molar-refractivity contribution in [2.45, 2.75) is 176 Å². The van der Waals surface area contributed by atoms with Crippen molar-refractivity contribution < 1.29 is 38.0 Å². The molecule has 56 heavy (non-hydrogen) atoms. The average molecular weight is 838 g/mol. The van der Waals surface area contributed by atoms with Gasteiger partial charge in [-0.3, -0.25) is 4.79 Å². The summed E-state index contributed by atoms with van der Waals surface area (Å²) in [5, 5.41) is 14.7. The highest BCUT2D eigenvalue weighted by Crippen LogP contribution is 2.47. The third-order valence-electron chi connectivity index (χ3n) is 12.3. The standard InChI is InChI=1S/C44H79NO8SSi2/c1-31(20-21-37(49-30-48-22-23-55(12,13)14)33(3)24-36-26-54-35(5)45-36)18-17-19-32(2)39(46)34(4)40(47)42(9,10)38(53-56(15,16)41(6,7)8)25-44-50-27-43(11,28-51-44)29-52-44/h20,24,26,32,34,37-39,46H,17-19,21-23,25,27-30H2,1-16H3/b31-20-,33-24+/t32-,34+,37-,38-,39+,43?,44?/m0/s1. The second kappa shape index (κ2) is 20.0. The molecule has 4 heterocycles. The Balaban J connectivity index is 1.62. The van der Waals surface area contributed by atoms with Crippen molar-refractivity contribution in [2.24, 2.45) is 22.7 Å². The van der Waals surface area contributed by atoms with Crippen molar-refractivity contribution in [2.75, 3.05) is 33.2 Å². The number of nitrogens with zero attached hydrogens (tertiary/aromatic N) is 1. The number of aromatic nitrogens is 1. The number of carbonyl (C=O) groups is 1. The van der Waals surface area contributed by atoms with E-state index in [9.17, 15) is 9.90 Å². The number of hydrogen-bond acceptors (Lipinski definition) is 10. The van der Waals surface area contributed by atoms with Crippen molar-refractivity contribution in [1.29, 1.82) is 0 Å². The Kier molecular flexibility index (Phi) is 17.6. The van der Waals surface area contributed by atoms with Gasteiger partial charge in [0.2, 0.25) is 0 Å². The molecule has 1 aromatic rings. The predicted octanol–water partition coefficient (Wildman–Crippen LogP) is 10.8. The van der Waals surface area contributed by atoms with Crippen LogP contribution in [0.25, 0.3) is 6.08 Å². The van der Waals surface area contributed by atoms with Crippen molar-refractivity contribution in [3.05, 3.63) is 33.3 Å². The maximum absolute atomic E-state index is 14.5. The van der Waals surface area contributed by atoms with Crippen molar-refractivity contribution in [1.82, 2.24) is 4.98 Å². The number of aliphatic hydroxyl groups is 1. The van der Waals surface area contributed by atoms with Gasteiger partial charge in [-0.05, 0) is 88.2 Å². The molecule has 4 rings (SSSR count). The van der Waals surface area contributed by atoms with E-state index in [1.807, 2.05) is 27.7 Å². The van der Waals surface area contributed by atoms with Gasteiger partial charge in [0.1, 0.15) is 12.6 Å². The van der Waals surface area contributed by atoms with Crippen LogP contribution in [-0.2, 0) is 32.9 Å². The number of fused-ring (bicyclic) bond motifs is 3. The molecule has 3 saturated heterocycles. The summed E-state index contributed by atoms with van der Waals surface area (Å²) in [6.45, 7) is 36.9. The van der Waals surface area contributed by atoms with Crippen LogP contribution in [0.5, 0.6) is 0 Å². The van der Waals surface area contributed by atoms with E-state index in [1.54, 1.807) is 11.3 Å². The molecular formula is C44H79NO8SSi2. The number of aryl methyl sites for hydroxylation is 1. The minimum absolute atomic E-state index is 0.0174. The summed E-state index contributed by atoms with van der Waals surface area (Å²) in [4.78, 5) is 19.1. The fraction of sp³-hybridized carbons (Fsp3) is 0.818. The quantitative estimate of drug-likeness (QED) is 0.0499. The highest BCUT2D eigenvalue weighted by atomic mass is 32.1. The van der Waals surface area contributed by atoms with Crippen LogP contribution in [0, 0.1) is 29.6 Å². The van der Waals surface area contributed by atoms with E-state index >= 15 is 0 Å². The molecule has 0 radical (unpaired) electrons. The highest BCUT2D eigenvalue weighted by molar-refractivity contribution is 7.09. The molecular weight excluding hydrogens is 759 g/mol. The summed E-state index contributed by atoms with van der Waals surface area (Å²) in [6.07, 6.45) is 6.61. The molecule has 3 aliphatic heterocycles. The summed E-state index contributed by atoms with van der Waals surface area (Å²) >= 11 is 1.65. The van der Waals surface area contributed by atoms with E-state index < -0.39 is 45.9 Å². The molecule has 5 atom stereocenters. The third kappa shape index (κ3) is 14.3. The lowest BCUT2D eigenvalue weighted by Crippen LogP contribution is -2.62. The van der Waals surface area contributed by atoms with Crippen LogP contribution in [-0.4, -0.2) is 89.8 Å². The molecule has 12 heteroatoms. The van der Waals surface area contributed by atoms with E-state index in [0.29, 0.717) is 19.8 Å². The smallest absolute Gasteiger partial charge is 0.285 e. The Morgan fingerprint density at radius 2 is 1.66 bits per heavy atom. The van der Waals surface area contributed by atoms with Gasteiger partial charge in [-0.1, -0.05) is 86.7 Å². The van der Waals surface area contributed by atoms with Gasteiger partial charge in [-0.15, -0.1) is 11.3 Å². The van der Waals surface area contributed by atoms with E-state index in [0.717, 1.165) is 54.6 Å². The van der Waals surface area contributed by atoms with E-state index in [1.165, 1.54) is 5.57 Å². The summed E-state index contributed by atoms with van der Waals surface area (Å²) < 4.78 is 37.8. The fourth-order valence-electron chi connectivity index (χ4n) is 6.89. The summed E-state index contributed by atoms with van der Waals surface area (Å²) in [6, 6.07) is 1.11. The van der Waals surface area contributed by atoms with Gasteiger partial charge >= 0.3 is 0 Å². The van der Waals surface area contributed by atoms with Crippen LogP contribution in [0.1, 0.15) is 112 Å². The zero-order valence-corrected chi connectivity index (χ0v) is 40.9. The number of ketones is 1. The molecule has 0 aliphatic carbocycles. The van der Waals surface area contributed by atoms with Gasteiger partial charge in [0.25, 0.3) is 5.97 Å². The average Bonchev–Trinajstić information content (AvgIpc) is 3.51. The van der Waals surface area contributed by atoms with Gasteiger partial charge in [0.15, 0.2) is 8.32 Å². The van der Waals surface area contributed by atoms with Gasteiger partial charge in [0.05, 0.1) is 55.3 Å². The normalized spacial score (nSPS) is 24.2. The maximum Gasteiger partial charge on any atom is 0.285 e. The van der Waals surface area contributed by atoms with Crippen molar-refractivity contribution in [3.8, 4) is 0 Å². The minimum Gasteiger partial charge on any atom is -0.413 e. The largest absolute Gasteiger partial charge is 0.413 e. The van der Waals surface area contributed by atoms with Crippen LogP contribution in [0.4, 0.5) is 0 Å². The first-order valence-corrected chi connectivity index (χ1v) is 28.5. The van der Waals surface area contributed by atoms with Gasteiger partial charge in [-0.2, -0.15) is 0 Å². The Labute approximate surface area is 346 Å². The number of thiazole rings is 1. The second-order valence-electron chi connectivity index (χ2n) is 20.6. The van der Waals surface area contributed by atoms with E-state index in [4.69, 9.17) is 28.1 Å². The lowest BCUT2D eigenvalue weighted by Gasteiger charge is -2.53. The summed E-state index contributed by atoms with van der Waals surface area (Å²) in [7, 11) is -3.50. The lowest BCUT2D eigenvalue weighted by atomic mass is 9.72. The Morgan fingerprint density at radius 3 is 2.20 bits per heavy atom. The molecule has 3 aliphatic rings. The summed E-state index contributed by atoms with van der Waals surface area (Å²) in [5.41, 5.74) is 2.27. The fourth-order valence-corrected chi connectivity index (χ4v) is 9.66. The lowest BCUT2D eigenvalue weighted by molar-refractivity contribution is -0.471. The van der Waals surface area contributed by atoms with Crippen LogP contribution in [0.3, 0.4) is 0 Å². The van der Waals surface area contributed by atoms with Crippen molar-refractivity contribution in [3.63, 3.8) is 0 Å². The zero-order valence-electron chi connectivity index (χ0n) is 38.1. The number of Topliss-reactive ketones (excluding diaryl/α,β-unsaturated/α-hetero) is 1. The molecule has 322 valence electrons. The van der Waals surface area contributed by atoms with Crippen LogP contribution in [0.2, 0.25) is 43.8 Å². The predicted molar refractivity (Wildman–Crippen MR) is 235 cm³/mol. The molecule has 3 fully saturated rings. The molecule has 0 unspecified atom stereocenters. The zero-order chi connectivity index (χ0) is 42.3. The van der Waals surface area contributed by atoms with Crippen LogP contribution in [0.15, 0.2) is 22.6 Å². The number of rotatable bonds is 23. The minimum atomic E-state index is -2.33. The molecule has 0 spiro atoms. The molecule has 9 nitrogen and oxygen atoms in total. The van der Waals surface area contributed by atoms with Crippen molar-refractivity contribution >= 4 is 39.6 Å². The number of hydrogen-bond donors (Lipinski definition) is 1. The highest BCUT2D eigenvalue weighted by Gasteiger charge is 2.56. The van der Waals surface area contributed by atoms with E-state index in [-0.39, 0.29) is 41.5 Å². The first kappa shape index (κ1) is 49.3. The molecule has 0 amide bonds. The van der Waals surface area contributed by atoms with Gasteiger partial charge in [0, 0.05) is 36.8 Å². The monoisotopic (exact) mass is 838 g/mol. The molecule has 1 aromatic heterocycles. The van der Waals surface area contributed by atoms with Gasteiger partial charge in [-0.25, -0.2) is 4.98 Å². The number of carbonyl (C=O) groups excluding carboxylic acids is 1. The molecule has 0 saturated carbocycles. The second-order valence-corrected chi connectivity index (χ2v) is 32.1. The number of ether oxygens (including phenoxy) is 5. The summed E-state index contributed by atoms with van der Waals surface area (Å²) in [5.74, 6) is -1.89. The number of allylic oxidation sites excluding steroid dienone is 1. The molecule has 0 aromatic carbocycles. The first-order valence-electron chi connectivity index (χ1n) is 21.0. The maximum atomic E-state index is 14.5. The van der Waals surface area contributed by atoms with Gasteiger partial charge < -0.3 is 33.2 Å². The number of aliphatic hydroxyl groups excluding tert-OH is 1. The first-order chi connectivity index (χ1) is 25.7. The third-order valence-corrected chi connectivity index (χ3v) is 19.3. The topological polar surface area (TPSA) is 106 Å². The Hall–Kier alpha value is -1.07. The molecule has 2 bridgehead atoms.